The van der Waals surface area contributed by atoms with Crippen molar-refractivity contribution < 1.29 is 4.79 Å². The van der Waals surface area contributed by atoms with Gasteiger partial charge in [-0.2, -0.15) is 0 Å². The van der Waals surface area contributed by atoms with E-state index in [-0.39, 0.29) is 18.0 Å². The van der Waals surface area contributed by atoms with Crippen LogP contribution in [0.4, 0.5) is 0 Å². The molecule has 0 radical (unpaired) electrons. The molecule has 0 aliphatic carbocycles. The predicted octanol–water partition coefficient (Wildman–Crippen LogP) is 2.16. The van der Waals surface area contributed by atoms with Crippen LogP contribution in [-0.2, 0) is 11.2 Å². The van der Waals surface area contributed by atoms with Gasteiger partial charge in [0.15, 0.2) is 0 Å². The topological polar surface area (TPSA) is 55.1 Å². The zero-order valence-electron chi connectivity index (χ0n) is 10.9. The molecule has 3 heteroatoms. The Morgan fingerprint density at radius 2 is 2.00 bits per heavy atom. The molecule has 2 unspecified atom stereocenters. The van der Waals surface area contributed by atoms with E-state index in [1.165, 1.54) is 5.56 Å². The number of carbonyl (C=O) groups excluding carboxylic acids is 1. The highest BCUT2D eigenvalue weighted by Crippen LogP contribution is 2.19. The van der Waals surface area contributed by atoms with Gasteiger partial charge in [0.25, 0.3) is 0 Å². The van der Waals surface area contributed by atoms with Gasteiger partial charge in [-0.3, -0.25) is 10.1 Å². The summed E-state index contributed by atoms with van der Waals surface area (Å²) in [5.74, 6) is -0.314. The van der Waals surface area contributed by atoms with Gasteiger partial charge in [0, 0.05) is 6.04 Å². The summed E-state index contributed by atoms with van der Waals surface area (Å²) < 4.78 is 0. The lowest BCUT2D eigenvalue weighted by molar-refractivity contribution is -0.120. The number of carbonyl (C=O) groups is 1. The quantitative estimate of drug-likeness (QED) is 0.792. The number of nitrogens with one attached hydrogen (secondary N) is 1. The number of primary amides is 1. The van der Waals surface area contributed by atoms with E-state index in [1.807, 2.05) is 24.3 Å². The van der Waals surface area contributed by atoms with Gasteiger partial charge in [0.2, 0.25) is 5.91 Å². The van der Waals surface area contributed by atoms with Crippen LogP contribution in [0.1, 0.15) is 44.4 Å². The fourth-order valence-electron chi connectivity index (χ4n) is 1.87. The van der Waals surface area contributed by atoms with Gasteiger partial charge in [-0.25, -0.2) is 0 Å². The third-order valence-corrected chi connectivity index (χ3v) is 3.10. The minimum atomic E-state index is -0.388. The van der Waals surface area contributed by atoms with Crippen LogP contribution in [0.2, 0.25) is 0 Å². The maximum Gasteiger partial charge on any atom is 0.239 e. The van der Waals surface area contributed by atoms with Gasteiger partial charge in [-0.1, -0.05) is 38.1 Å². The molecule has 3 nitrogen and oxygen atoms in total. The molecule has 0 spiro atoms. The number of amides is 1. The van der Waals surface area contributed by atoms with E-state index in [4.69, 9.17) is 5.73 Å². The SMILES string of the molecule is CCc1ccccc1C(NC(C)CC)C(N)=O. The van der Waals surface area contributed by atoms with E-state index in [1.54, 1.807) is 0 Å². The van der Waals surface area contributed by atoms with E-state index in [0.717, 1.165) is 18.4 Å². The first-order chi connectivity index (χ1) is 8.10. The van der Waals surface area contributed by atoms with Crippen LogP contribution < -0.4 is 11.1 Å². The smallest absolute Gasteiger partial charge is 0.239 e. The van der Waals surface area contributed by atoms with Crippen molar-refractivity contribution in [3.63, 3.8) is 0 Å². The number of hydrogen-bond acceptors (Lipinski definition) is 2. The lowest BCUT2D eigenvalue weighted by Gasteiger charge is -2.22. The normalized spacial score (nSPS) is 14.3. The molecule has 0 aromatic heterocycles. The number of rotatable bonds is 6. The Hall–Kier alpha value is -1.35. The lowest BCUT2D eigenvalue weighted by Crippen LogP contribution is -2.39. The van der Waals surface area contributed by atoms with Crippen LogP contribution in [0, 0.1) is 0 Å². The van der Waals surface area contributed by atoms with Crippen molar-refractivity contribution >= 4 is 5.91 Å². The summed E-state index contributed by atoms with van der Waals surface area (Å²) >= 11 is 0. The summed E-state index contributed by atoms with van der Waals surface area (Å²) in [6.07, 6.45) is 1.88. The van der Waals surface area contributed by atoms with Crippen molar-refractivity contribution in [2.24, 2.45) is 5.73 Å². The maximum atomic E-state index is 11.6. The average Bonchev–Trinajstić information content (AvgIpc) is 2.35. The van der Waals surface area contributed by atoms with Crippen LogP contribution in [0.5, 0.6) is 0 Å². The molecule has 94 valence electrons. The Bertz CT molecular complexity index is 376. The number of aryl methyl sites for hydroxylation is 1. The first kappa shape index (κ1) is 13.7. The molecule has 3 N–H and O–H groups in total. The van der Waals surface area contributed by atoms with Gasteiger partial charge in [0.1, 0.15) is 6.04 Å². The summed E-state index contributed by atoms with van der Waals surface area (Å²) in [6.45, 7) is 6.23. The molecule has 0 saturated carbocycles. The van der Waals surface area contributed by atoms with Gasteiger partial charge in [0.05, 0.1) is 0 Å². The van der Waals surface area contributed by atoms with Gasteiger partial charge >= 0.3 is 0 Å². The second kappa shape index (κ2) is 6.40. The minimum Gasteiger partial charge on any atom is -0.368 e. The van der Waals surface area contributed by atoms with Crippen LogP contribution >= 0.6 is 0 Å². The molecule has 17 heavy (non-hydrogen) atoms. The largest absolute Gasteiger partial charge is 0.368 e. The van der Waals surface area contributed by atoms with E-state index >= 15 is 0 Å². The van der Waals surface area contributed by atoms with Crippen molar-refractivity contribution in [1.29, 1.82) is 0 Å². The summed E-state index contributed by atoms with van der Waals surface area (Å²) in [5, 5.41) is 3.28. The molecule has 1 amide bonds. The Morgan fingerprint density at radius 3 is 2.53 bits per heavy atom. The average molecular weight is 234 g/mol. The molecule has 0 aliphatic rings. The van der Waals surface area contributed by atoms with E-state index in [0.29, 0.717) is 0 Å². The molecule has 0 bridgehead atoms. The summed E-state index contributed by atoms with van der Waals surface area (Å²) in [7, 11) is 0. The van der Waals surface area contributed by atoms with Crippen molar-refractivity contribution in [1.82, 2.24) is 5.32 Å². The van der Waals surface area contributed by atoms with Crippen LogP contribution in [0.15, 0.2) is 24.3 Å². The maximum absolute atomic E-state index is 11.6. The molecular formula is C14H22N2O. The molecule has 0 aliphatic heterocycles. The predicted molar refractivity (Wildman–Crippen MR) is 70.6 cm³/mol. The molecule has 1 rings (SSSR count). The second-order valence-electron chi connectivity index (χ2n) is 4.36. The van der Waals surface area contributed by atoms with Crippen LogP contribution in [0.25, 0.3) is 0 Å². The first-order valence-corrected chi connectivity index (χ1v) is 6.23. The zero-order valence-corrected chi connectivity index (χ0v) is 10.9. The van der Waals surface area contributed by atoms with Gasteiger partial charge < -0.3 is 5.73 Å². The molecule has 2 atom stereocenters. The monoisotopic (exact) mass is 234 g/mol. The molecule has 1 aromatic rings. The number of nitrogens with two attached hydrogens (primary N) is 1. The summed E-state index contributed by atoms with van der Waals surface area (Å²) in [4.78, 5) is 11.6. The van der Waals surface area contributed by atoms with Crippen molar-refractivity contribution in [2.75, 3.05) is 0 Å². The molecule has 0 fully saturated rings. The van der Waals surface area contributed by atoms with Crippen LogP contribution in [-0.4, -0.2) is 11.9 Å². The fourth-order valence-corrected chi connectivity index (χ4v) is 1.87. The van der Waals surface area contributed by atoms with Crippen molar-refractivity contribution in [3.8, 4) is 0 Å². The molecule has 0 saturated heterocycles. The summed E-state index contributed by atoms with van der Waals surface area (Å²) in [5.41, 5.74) is 7.67. The van der Waals surface area contributed by atoms with Gasteiger partial charge in [-0.05, 0) is 30.9 Å². The minimum absolute atomic E-state index is 0.275. The Labute approximate surface area is 103 Å². The highest BCUT2D eigenvalue weighted by atomic mass is 16.1. The summed E-state index contributed by atoms with van der Waals surface area (Å²) in [6, 6.07) is 7.85. The zero-order chi connectivity index (χ0) is 12.8. The lowest BCUT2D eigenvalue weighted by atomic mass is 9.97. The first-order valence-electron chi connectivity index (χ1n) is 6.23. The van der Waals surface area contributed by atoms with Crippen LogP contribution in [0.3, 0.4) is 0 Å². The highest BCUT2D eigenvalue weighted by molar-refractivity contribution is 5.81. The Kier molecular flexibility index (Phi) is 5.16. The molecular weight excluding hydrogens is 212 g/mol. The van der Waals surface area contributed by atoms with E-state index < -0.39 is 0 Å². The number of hydrogen-bond donors (Lipinski definition) is 2. The van der Waals surface area contributed by atoms with Crippen molar-refractivity contribution in [3.05, 3.63) is 35.4 Å². The van der Waals surface area contributed by atoms with Crippen molar-refractivity contribution in [2.45, 2.75) is 45.7 Å². The number of benzene rings is 1. The van der Waals surface area contributed by atoms with E-state index in [9.17, 15) is 4.79 Å². The molecule has 0 heterocycles. The molecule has 1 aromatic carbocycles. The third kappa shape index (κ3) is 3.56. The highest BCUT2D eigenvalue weighted by Gasteiger charge is 2.21. The van der Waals surface area contributed by atoms with E-state index in [2.05, 4.69) is 26.1 Å². The third-order valence-electron chi connectivity index (χ3n) is 3.10. The Balaban J connectivity index is 3.01. The standard InChI is InChI=1S/C14H22N2O/c1-4-10(3)16-13(14(15)17)12-9-7-6-8-11(12)5-2/h6-10,13,16H,4-5H2,1-3H3,(H2,15,17). The fraction of sp³-hybridized carbons (Fsp3) is 0.500. The second-order valence-corrected chi connectivity index (χ2v) is 4.36. The Morgan fingerprint density at radius 1 is 1.35 bits per heavy atom. The van der Waals surface area contributed by atoms with Gasteiger partial charge in [-0.15, -0.1) is 0 Å².